The molecule has 1 aliphatic heterocycles. The first-order valence-electron chi connectivity index (χ1n) is 16.0. The lowest BCUT2D eigenvalue weighted by atomic mass is 9.87. The van der Waals surface area contributed by atoms with Crippen LogP contribution < -0.4 is 15.3 Å². The van der Waals surface area contributed by atoms with Crippen LogP contribution in [-0.2, 0) is 4.79 Å². The second kappa shape index (κ2) is 13.9. The zero-order chi connectivity index (χ0) is 30.4. The van der Waals surface area contributed by atoms with Gasteiger partial charge in [0.15, 0.2) is 0 Å². The van der Waals surface area contributed by atoms with Gasteiger partial charge in [-0.3, -0.25) is 4.79 Å². The van der Waals surface area contributed by atoms with Crippen molar-refractivity contribution < 1.29 is 9.18 Å². The van der Waals surface area contributed by atoms with Crippen molar-refractivity contribution in [2.24, 2.45) is 11.8 Å². The maximum atomic E-state index is 13.7. The average molecular weight is 585 g/mol. The summed E-state index contributed by atoms with van der Waals surface area (Å²) in [5.74, 6) is 1.03. The molecule has 1 fully saturated rings. The highest BCUT2D eigenvalue weighted by Crippen LogP contribution is 2.41. The normalized spacial score (nSPS) is 28.6. The van der Waals surface area contributed by atoms with Gasteiger partial charge in [-0.1, -0.05) is 61.3 Å². The van der Waals surface area contributed by atoms with E-state index in [1.807, 2.05) is 25.1 Å². The topological polar surface area (TPSA) is 66.9 Å². The molecule has 43 heavy (non-hydrogen) atoms. The van der Waals surface area contributed by atoms with Crippen molar-refractivity contribution in [3.8, 4) is 0 Å². The summed E-state index contributed by atoms with van der Waals surface area (Å²) in [6, 6.07) is 8.57. The SMILES string of the molecule is C=C(C)C=CC1=C(C)CCCC1NC(=O)C1CCCCC(C2=CC(c3ccc(F)cc3)N[N+]2(C)c2ncccn2)CCC1. The molecule has 2 N–H and O–H groups in total. The molecule has 1 amide bonds. The van der Waals surface area contributed by atoms with Crippen LogP contribution in [0, 0.1) is 17.7 Å². The first-order valence-corrected chi connectivity index (χ1v) is 16.0. The van der Waals surface area contributed by atoms with Gasteiger partial charge in [0, 0.05) is 30.3 Å². The molecule has 6 nitrogen and oxygen atoms in total. The molecule has 1 saturated carbocycles. The maximum absolute atomic E-state index is 13.7. The third-order valence-corrected chi connectivity index (χ3v) is 9.46. The van der Waals surface area contributed by atoms with E-state index in [9.17, 15) is 9.18 Å². The zero-order valence-electron chi connectivity index (χ0n) is 26.0. The molecule has 2 aromatic rings. The minimum atomic E-state index is -0.237. The fourth-order valence-corrected chi connectivity index (χ4v) is 7.08. The highest BCUT2D eigenvalue weighted by Gasteiger charge is 2.46. The summed E-state index contributed by atoms with van der Waals surface area (Å²) in [7, 11) is 2.12. The van der Waals surface area contributed by atoms with E-state index in [0.29, 0.717) is 16.5 Å². The highest BCUT2D eigenvalue weighted by molar-refractivity contribution is 5.79. The Labute approximate surface area is 256 Å². The van der Waals surface area contributed by atoms with Gasteiger partial charge in [0.05, 0.1) is 13.1 Å². The summed E-state index contributed by atoms with van der Waals surface area (Å²) in [5.41, 5.74) is 9.64. The molecule has 2 heterocycles. The number of halogens is 1. The molecule has 5 atom stereocenters. The van der Waals surface area contributed by atoms with Crippen LogP contribution in [0.15, 0.2) is 89.9 Å². The molecular weight excluding hydrogens is 537 g/mol. The molecule has 3 aliphatic rings. The lowest BCUT2D eigenvalue weighted by molar-refractivity contribution is -0.126. The van der Waals surface area contributed by atoms with Gasteiger partial charge in [0.2, 0.25) is 5.91 Å². The maximum Gasteiger partial charge on any atom is 0.353 e. The first kappa shape index (κ1) is 31.0. The fraction of sp³-hybridized carbons (Fsp3) is 0.472. The van der Waals surface area contributed by atoms with Crippen LogP contribution in [0.5, 0.6) is 0 Å². The number of carbonyl (C=O) groups is 1. The summed E-state index contributed by atoms with van der Waals surface area (Å²) >= 11 is 0. The molecular formula is C36H47FN5O+. The predicted octanol–water partition coefficient (Wildman–Crippen LogP) is 7.79. The second-order valence-corrected chi connectivity index (χ2v) is 12.8. The van der Waals surface area contributed by atoms with Crippen LogP contribution >= 0.6 is 0 Å². The van der Waals surface area contributed by atoms with Crippen LogP contribution in [-0.4, -0.2) is 29.0 Å². The molecule has 0 saturated heterocycles. The molecule has 7 heteroatoms. The Morgan fingerprint density at radius 3 is 2.49 bits per heavy atom. The quantitative estimate of drug-likeness (QED) is 0.258. The number of nitrogens with zero attached hydrogens (tertiary/aromatic N) is 3. The molecule has 5 unspecified atom stereocenters. The lowest BCUT2D eigenvalue weighted by Crippen LogP contribution is -2.54. The van der Waals surface area contributed by atoms with E-state index in [0.717, 1.165) is 75.3 Å². The third-order valence-electron chi connectivity index (χ3n) is 9.46. The molecule has 2 aliphatic carbocycles. The number of rotatable bonds is 7. The summed E-state index contributed by atoms with van der Waals surface area (Å²) in [6.07, 6.45) is 20.2. The number of carbonyl (C=O) groups excluding carboxylic acids is 1. The minimum Gasteiger partial charge on any atom is -0.349 e. The number of nitrogens with one attached hydrogen (secondary N) is 2. The smallest absolute Gasteiger partial charge is 0.349 e. The van der Waals surface area contributed by atoms with E-state index in [1.165, 1.54) is 29.0 Å². The summed E-state index contributed by atoms with van der Waals surface area (Å²) < 4.78 is 14.0. The van der Waals surface area contributed by atoms with E-state index in [1.54, 1.807) is 12.4 Å². The van der Waals surface area contributed by atoms with Gasteiger partial charge in [-0.25, -0.2) is 4.39 Å². The molecule has 1 aromatic carbocycles. The van der Waals surface area contributed by atoms with E-state index < -0.39 is 0 Å². The fourth-order valence-electron chi connectivity index (χ4n) is 7.08. The van der Waals surface area contributed by atoms with E-state index in [2.05, 4.69) is 59.5 Å². The van der Waals surface area contributed by atoms with Crippen molar-refractivity contribution in [3.05, 3.63) is 101 Å². The van der Waals surface area contributed by atoms with Crippen molar-refractivity contribution in [1.29, 1.82) is 0 Å². The predicted molar refractivity (Wildman–Crippen MR) is 172 cm³/mol. The molecule has 5 rings (SSSR count). The van der Waals surface area contributed by atoms with Crippen LogP contribution in [0.4, 0.5) is 10.3 Å². The highest BCUT2D eigenvalue weighted by atomic mass is 19.1. The van der Waals surface area contributed by atoms with Crippen LogP contribution in [0.2, 0.25) is 0 Å². The molecule has 0 spiro atoms. The van der Waals surface area contributed by atoms with Gasteiger partial charge in [-0.05, 0) is 88.1 Å². The van der Waals surface area contributed by atoms with Crippen molar-refractivity contribution in [2.75, 3.05) is 7.05 Å². The Morgan fingerprint density at radius 1 is 1.05 bits per heavy atom. The zero-order valence-corrected chi connectivity index (χ0v) is 26.0. The molecule has 0 bridgehead atoms. The van der Waals surface area contributed by atoms with Gasteiger partial charge < -0.3 is 5.32 Å². The van der Waals surface area contributed by atoms with Crippen LogP contribution in [0.3, 0.4) is 0 Å². The van der Waals surface area contributed by atoms with E-state index >= 15 is 0 Å². The number of hydrogen-bond donors (Lipinski definition) is 2. The standard InChI is InChI=1S/C36H46FN5O/c1-25(2)16-21-31-26(3)10-7-15-32(31)40-35(43)29-12-6-5-11-28(13-8-14-29)34-24-33(27-17-19-30(37)20-18-27)41-42(34,4)36-38-22-9-23-39-36/h9,16-24,28-29,32-33,41H,1,5-8,10-15H2,2-4H3/p+1. The number of aromatic nitrogens is 2. The van der Waals surface area contributed by atoms with Crippen LogP contribution in [0.1, 0.15) is 89.7 Å². The summed E-state index contributed by atoms with van der Waals surface area (Å²) in [4.78, 5) is 22.9. The van der Waals surface area contributed by atoms with Gasteiger partial charge >= 0.3 is 5.95 Å². The van der Waals surface area contributed by atoms with E-state index in [-0.39, 0.29) is 29.7 Å². The Balaban J connectivity index is 1.30. The van der Waals surface area contributed by atoms with Gasteiger partial charge in [-0.2, -0.15) is 14.6 Å². The average Bonchev–Trinajstić information content (AvgIpc) is 3.40. The van der Waals surface area contributed by atoms with Crippen molar-refractivity contribution in [2.45, 2.75) is 90.1 Å². The van der Waals surface area contributed by atoms with Crippen LogP contribution in [0.25, 0.3) is 0 Å². The second-order valence-electron chi connectivity index (χ2n) is 12.8. The van der Waals surface area contributed by atoms with Crippen molar-refractivity contribution >= 4 is 11.9 Å². The Hall–Kier alpha value is -3.42. The largest absolute Gasteiger partial charge is 0.353 e. The van der Waals surface area contributed by atoms with E-state index in [4.69, 9.17) is 0 Å². The molecule has 0 radical (unpaired) electrons. The Kier molecular flexibility index (Phi) is 10.0. The van der Waals surface area contributed by atoms with Gasteiger partial charge in [-0.15, -0.1) is 5.43 Å². The Bertz CT molecular complexity index is 1380. The number of hydrogen-bond acceptors (Lipinski definition) is 4. The van der Waals surface area contributed by atoms with Crippen molar-refractivity contribution in [3.63, 3.8) is 0 Å². The number of quaternary nitrogens is 1. The lowest BCUT2D eigenvalue weighted by Gasteiger charge is -2.32. The first-order chi connectivity index (χ1) is 20.7. The minimum absolute atomic E-state index is 0.0355. The number of amides is 1. The molecule has 228 valence electrons. The third kappa shape index (κ3) is 7.39. The molecule has 1 aromatic heterocycles. The van der Waals surface area contributed by atoms with Crippen molar-refractivity contribution in [1.82, 2.24) is 25.3 Å². The monoisotopic (exact) mass is 584 g/mol. The number of allylic oxidation sites excluding steroid dienone is 4. The Morgan fingerprint density at radius 2 is 1.74 bits per heavy atom. The summed E-state index contributed by atoms with van der Waals surface area (Å²) in [6.45, 7) is 8.20. The van der Waals surface area contributed by atoms with Gasteiger partial charge in [0.1, 0.15) is 17.6 Å². The number of benzene rings is 1. The van der Waals surface area contributed by atoms with Gasteiger partial charge in [0.25, 0.3) is 0 Å². The summed E-state index contributed by atoms with van der Waals surface area (Å²) in [5, 5.41) is 3.44.